The van der Waals surface area contributed by atoms with Crippen molar-refractivity contribution in [2.24, 2.45) is 0 Å². The molecule has 33 heavy (non-hydrogen) atoms. The topological polar surface area (TPSA) is 77.9 Å². The number of benzene rings is 1. The van der Waals surface area contributed by atoms with Crippen LogP contribution in [0.1, 0.15) is 88.4 Å². The predicted octanol–water partition coefficient (Wildman–Crippen LogP) is 6.38. The number of phenolic OH excluding ortho intramolecular Hbond substituents is 1. The zero-order valence-corrected chi connectivity index (χ0v) is 24.2. The number of hydrogen-bond donors (Lipinski definition) is 1. The van der Waals surface area contributed by atoms with Crippen molar-refractivity contribution >= 4 is 36.1 Å². The molecule has 1 aromatic carbocycles. The number of rotatable bonds is 14. The third-order valence-electron chi connectivity index (χ3n) is 5.46. The van der Waals surface area contributed by atoms with Crippen molar-refractivity contribution in [2.45, 2.75) is 97.3 Å². The van der Waals surface area contributed by atoms with E-state index in [1.54, 1.807) is 0 Å². The molecule has 3 amide bonds. The van der Waals surface area contributed by atoms with E-state index in [2.05, 4.69) is 28.7 Å². The van der Waals surface area contributed by atoms with E-state index in [-0.39, 0.29) is 29.9 Å². The summed E-state index contributed by atoms with van der Waals surface area (Å²) in [5.41, 5.74) is 0.355. The van der Waals surface area contributed by atoms with Crippen LogP contribution in [-0.2, 0) is 9.59 Å². The van der Waals surface area contributed by atoms with Crippen LogP contribution >= 0.6 is 0 Å². The van der Waals surface area contributed by atoms with Gasteiger partial charge in [0.25, 0.3) is 0 Å². The molecule has 0 aliphatic carbocycles. The van der Waals surface area contributed by atoms with Crippen LogP contribution in [0.5, 0.6) is 5.75 Å². The molecule has 0 aliphatic rings. The number of amides is 3. The van der Waals surface area contributed by atoms with Gasteiger partial charge in [-0.3, -0.25) is 0 Å². The molecule has 1 rings (SSSR count). The van der Waals surface area contributed by atoms with Crippen molar-refractivity contribution < 1.29 is 19.5 Å². The van der Waals surface area contributed by atoms with Crippen LogP contribution in [0.2, 0.25) is 19.3 Å². The molecule has 0 saturated heterocycles. The Kier molecular flexibility index (Phi) is 13.7. The Morgan fingerprint density at radius 2 is 1.33 bits per heavy atom. The number of nitrogens with zero attached hydrogens (tertiary/aromatic N) is 2. The van der Waals surface area contributed by atoms with Gasteiger partial charge in [-0.2, -0.15) is 0 Å². The second-order valence-electron chi connectivity index (χ2n) is 10.0. The van der Waals surface area contributed by atoms with Gasteiger partial charge in [0.15, 0.2) is 0 Å². The average Bonchev–Trinajstić information content (AvgIpc) is 2.74. The molecule has 6 nitrogen and oxygen atoms in total. The Morgan fingerprint density at radius 1 is 0.788 bits per heavy atom. The molecular formula is C26H44N2O4Sn. The van der Waals surface area contributed by atoms with Gasteiger partial charge in [-0.1, -0.05) is 0 Å². The second kappa shape index (κ2) is 15.4. The number of imide groups is 1. The van der Waals surface area contributed by atoms with Crippen molar-refractivity contribution in [3.8, 4) is 5.75 Å². The third kappa shape index (κ3) is 11.4. The van der Waals surface area contributed by atoms with E-state index in [9.17, 15) is 19.5 Å². The van der Waals surface area contributed by atoms with E-state index in [1.807, 2.05) is 0 Å². The Balaban J connectivity index is 3.13. The molecule has 186 valence electrons. The van der Waals surface area contributed by atoms with Gasteiger partial charge >= 0.3 is 205 Å². The van der Waals surface area contributed by atoms with E-state index in [0.29, 0.717) is 23.0 Å². The second-order valence-corrected chi connectivity index (χ2v) is 25.7. The molecule has 7 heteroatoms. The predicted molar refractivity (Wildman–Crippen MR) is 137 cm³/mol. The Bertz CT molecular complexity index is 744. The van der Waals surface area contributed by atoms with Gasteiger partial charge in [0, 0.05) is 0 Å². The average molecular weight is 567 g/mol. The van der Waals surface area contributed by atoms with Crippen molar-refractivity contribution in [1.82, 2.24) is 10.0 Å². The molecule has 0 unspecified atom stereocenters. The molecule has 0 bridgehead atoms. The number of hydrogen-bond acceptors (Lipinski definition) is 4. The number of unbranched alkanes of at least 4 members (excludes halogenated alkanes) is 7. The van der Waals surface area contributed by atoms with E-state index < -0.39 is 18.4 Å². The molecule has 0 saturated carbocycles. The quantitative estimate of drug-likeness (QED) is 0.161. The summed E-state index contributed by atoms with van der Waals surface area (Å²) in [5.74, 6) is -0.842. The fourth-order valence-corrected chi connectivity index (χ4v) is 6.67. The zero-order chi connectivity index (χ0) is 24.9. The molecule has 0 fully saturated rings. The minimum atomic E-state index is -2.56. The Morgan fingerprint density at radius 3 is 1.91 bits per heavy atom. The van der Waals surface area contributed by atoms with E-state index in [4.69, 9.17) is 0 Å². The summed E-state index contributed by atoms with van der Waals surface area (Å²) in [6, 6.07) is 5.98. The van der Waals surface area contributed by atoms with Crippen LogP contribution in [0.25, 0.3) is 0 Å². The van der Waals surface area contributed by atoms with Gasteiger partial charge in [0.1, 0.15) is 0 Å². The van der Waals surface area contributed by atoms with Crippen molar-refractivity contribution in [2.75, 3.05) is 6.54 Å². The van der Waals surface area contributed by atoms with Crippen LogP contribution in [0.15, 0.2) is 24.3 Å². The molecule has 1 N–H and O–H groups in total. The normalized spacial score (nSPS) is 11.3. The molecule has 0 atom stereocenters. The summed E-state index contributed by atoms with van der Waals surface area (Å²) in [6.07, 6.45) is 9.15. The third-order valence-corrected chi connectivity index (χ3v) is 9.35. The van der Waals surface area contributed by atoms with Gasteiger partial charge in [-0.25, -0.2) is 0 Å². The summed E-state index contributed by atoms with van der Waals surface area (Å²) >= 11 is -2.56. The maximum atomic E-state index is 13.4. The summed E-state index contributed by atoms with van der Waals surface area (Å²) in [7, 11) is 0. The summed E-state index contributed by atoms with van der Waals surface area (Å²) in [6.45, 7) is 4.57. The fraction of sp³-hybridized carbons (Fsp3) is 0.654. The first kappa shape index (κ1) is 29.5. The van der Waals surface area contributed by atoms with Gasteiger partial charge in [-0.05, 0) is 0 Å². The van der Waals surface area contributed by atoms with E-state index in [0.717, 1.165) is 38.5 Å². The van der Waals surface area contributed by atoms with Crippen molar-refractivity contribution in [1.29, 1.82) is 0 Å². The van der Waals surface area contributed by atoms with E-state index in [1.165, 1.54) is 47.1 Å². The summed E-state index contributed by atoms with van der Waals surface area (Å²) in [5, 5.41) is 12.1. The van der Waals surface area contributed by atoms with Gasteiger partial charge in [-0.15, -0.1) is 0 Å². The maximum absolute atomic E-state index is 13.4. The molecule has 0 radical (unpaired) electrons. The molecule has 1 aromatic rings. The summed E-state index contributed by atoms with van der Waals surface area (Å²) < 4.78 is 0.379. The molecular weight excluding hydrogens is 523 g/mol. The van der Waals surface area contributed by atoms with Gasteiger partial charge in [0.05, 0.1) is 0 Å². The monoisotopic (exact) mass is 568 g/mol. The zero-order valence-electron chi connectivity index (χ0n) is 21.4. The van der Waals surface area contributed by atoms with Crippen LogP contribution < -0.4 is 0 Å². The minimum absolute atomic E-state index is 0.0676. The molecule has 0 aliphatic heterocycles. The van der Waals surface area contributed by atoms with Gasteiger partial charge < -0.3 is 0 Å². The number of aromatic hydroxyl groups is 1. The van der Waals surface area contributed by atoms with Crippen LogP contribution in [0, 0.1) is 0 Å². The number of hydrazine groups is 1. The molecule has 0 spiro atoms. The van der Waals surface area contributed by atoms with Crippen LogP contribution in [0.4, 0.5) is 0 Å². The van der Waals surface area contributed by atoms with Crippen LogP contribution in [-0.4, -0.2) is 57.8 Å². The summed E-state index contributed by atoms with van der Waals surface area (Å²) in [4.78, 5) is 46.6. The van der Waals surface area contributed by atoms with Gasteiger partial charge in [0.2, 0.25) is 0 Å². The van der Waals surface area contributed by atoms with Crippen LogP contribution in [0.3, 0.4) is 0 Å². The Labute approximate surface area is 204 Å². The first-order valence-electron chi connectivity index (χ1n) is 12.6. The fourth-order valence-electron chi connectivity index (χ4n) is 3.66. The standard InChI is InChI=1S/C23H35N2O4.3CH3.Sn/c1-4-6-8-9-10-11-13-22(28)25(19(3)26)24(18-12-7-5-2)23(29)20-14-16-21(27)17-15-20;;;;/h14-17,27H,3-13,18H2,1-2H3;3*1H3;. The van der Waals surface area contributed by atoms with Crippen molar-refractivity contribution in [3.63, 3.8) is 0 Å². The molecule has 0 aromatic heterocycles. The first-order valence-corrected chi connectivity index (χ1v) is 23.1. The Hall–Kier alpha value is -1.57. The van der Waals surface area contributed by atoms with Crippen molar-refractivity contribution in [3.05, 3.63) is 29.8 Å². The number of phenols is 1. The number of carbonyl (C=O) groups excluding carboxylic acids is 3. The molecule has 0 heterocycles. The number of carbonyl (C=O) groups is 3. The SMILES string of the molecule is CCCCCCCCC(=O)N(C(=O)[CH2][Sn]([CH3])([CH3])[CH3])N(CCCCC)C(=O)c1ccc(O)cc1. The van der Waals surface area contributed by atoms with E-state index >= 15 is 0 Å². The first-order chi connectivity index (χ1) is 15.6.